The van der Waals surface area contributed by atoms with Crippen LogP contribution in [-0.2, 0) is 63.9 Å². The van der Waals surface area contributed by atoms with Crippen LogP contribution in [0.4, 0.5) is 14.5 Å². The average molecular weight is 886 g/mol. The number of carboxylic acids is 1. The van der Waals surface area contributed by atoms with Gasteiger partial charge in [0.05, 0.1) is 18.5 Å². The molecule has 6 rings (SSSR count). The maximum absolute atomic E-state index is 13.4. The molecule has 20 heteroatoms. The van der Waals surface area contributed by atoms with Crippen LogP contribution in [0.25, 0.3) is 0 Å². The van der Waals surface area contributed by atoms with Gasteiger partial charge >= 0.3 is 11.9 Å². The van der Waals surface area contributed by atoms with E-state index in [1.165, 1.54) is 18.2 Å². The summed E-state index contributed by atoms with van der Waals surface area (Å²) in [5.41, 5.74) is 5.14. The van der Waals surface area contributed by atoms with Crippen molar-refractivity contribution in [1.82, 2.24) is 21.3 Å². The van der Waals surface area contributed by atoms with E-state index in [4.69, 9.17) is 15.6 Å². The number of nitrogens with two attached hydrogens (primary N) is 1. The number of amides is 8. The van der Waals surface area contributed by atoms with Crippen LogP contribution in [0.1, 0.15) is 103 Å². The molecule has 0 bridgehead atoms. The van der Waals surface area contributed by atoms with Crippen molar-refractivity contribution in [3.05, 3.63) is 65.7 Å². The molecule has 2 aromatic carbocycles. The number of carbonyl (C=O) groups is 11. The van der Waals surface area contributed by atoms with Crippen molar-refractivity contribution in [1.29, 1.82) is 0 Å². The number of carboxylic acid groups (broad SMARTS) is 1. The van der Waals surface area contributed by atoms with Crippen LogP contribution in [0.5, 0.6) is 0 Å². The zero-order valence-electron chi connectivity index (χ0n) is 35.2. The Morgan fingerprint density at radius 3 is 1.40 bits per heavy atom. The molecule has 4 fully saturated rings. The Kier molecular flexibility index (Phi) is 21.6. The lowest BCUT2D eigenvalue weighted by molar-refractivity contribution is -0.158. The summed E-state index contributed by atoms with van der Waals surface area (Å²) >= 11 is 0. The number of nitrogens with one attached hydrogen (secondary N) is 4. The number of esters is 1. The molecule has 4 aliphatic heterocycles. The highest BCUT2D eigenvalue weighted by molar-refractivity contribution is 6.01. The molecular weight excluding hydrogens is 832 g/mol. The first-order chi connectivity index (χ1) is 29.5. The second kappa shape index (κ2) is 25.9. The SMILES string of the molecule is CC(C)(C)OC(=O)CC1CCC(=O)NC1=O.Nc1ccccc1F.O=C(Cc1ccccc1F)CC1CCC(=O)NC1=O.O=C(O)CC1CCC(=O)NC1=O.O=C1CCCC(=O)N1. The van der Waals surface area contributed by atoms with E-state index < -0.39 is 52.9 Å². The van der Waals surface area contributed by atoms with Crippen molar-refractivity contribution < 1.29 is 71.4 Å². The van der Waals surface area contributed by atoms with Gasteiger partial charge in [0.15, 0.2) is 0 Å². The molecular formula is C43H53F2N5O13. The Labute approximate surface area is 361 Å². The van der Waals surface area contributed by atoms with Crippen LogP contribution in [0.15, 0.2) is 48.5 Å². The number of hydrogen-bond acceptors (Lipinski definition) is 13. The number of ether oxygens (including phenoxy) is 1. The summed E-state index contributed by atoms with van der Waals surface area (Å²) in [4.78, 5) is 121. The third-order valence-corrected chi connectivity index (χ3v) is 9.13. The first kappa shape index (κ1) is 52.4. The van der Waals surface area contributed by atoms with Gasteiger partial charge in [-0.2, -0.15) is 0 Å². The number of piperidine rings is 4. The van der Waals surface area contributed by atoms with Gasteiger partial charge in [-0.15, -0.1) is 0 Å². The predicted octanol–water partition coefficient (Wildman–Crippen LogP) is 2.89. The highest BCUT2D eigenvalue weighted by atomic mass is 19.1. The molecule has 3 atom stereocenters. The lowest BCUT2D eigenvalue weighted by Gasteiger charge is -2.23. The van der Waals surface area contributed by atoms with E-state index in [9.17, 15) is 61.5 Å². The van der Waals surface area contributed by atoms with Crippen molar-refractivity contribution >= 4 is 70.7 Å². The fraction of sp³-hybridized carbons (Fsp3) is 0.465. The van der Waals surface area contributed by atoms with Crippen molar-refractivity contribution in [3.63, 3.8) is 0 Å². The van der Waals surface area contributed by atoms with E-state index in [0.717, 1.165) is 0 Å². The first-order valence-corrected chi connectivity index (χ1v) is 20.0. The maximum atomic E-state index is 13.4. The summed E-state index contributed by atoms with van der Waals surface area (Å²) in [6.45, 7) is 5.32. The molecule has 8 amide bonds. The lowest BCUT2D eigenvalue weighted by Crippen LogP contribution is -2.42. The number of hydrogen-bond donors (Lipinski definition) is 6. The third kappa shape index (κ3) is 21.6. The van der Waals surface area contributed by atoms with Gasteiger partial charge in [0.2, 0.25) is 47.3 Å². The van der Waals surface area contributed by atoms with Crippen molar-refractivity contribution in [3.8, 4) is 0 Å². The van der Waals surface area contributed by atoms with Crippen molar-refractivity contribution in [2.75, 3.05) is 5.73 Å². The van der Waals surface area contributed by atoms with E-state index in [1.54, 1.807) is 51.1 Å². The van der Waals surface area contributed by atoms with Gasteiger partial charge < -0.3 is 15.6 Å². The predicted molar refractivity (Wildman–Crippen MR) is 218 cm³/mol. The monoisotopic (exact) mass is 885 g/mol. The van der Waals surface area contributed by atoms with E-state index in [0.29, 0.717) is 50.5 Å². The summed E-state index contributed by atoms with van der Waals surface area (Å²) < 4.78 is 30.7. The molecule has 2 aromatic rings. The fourth-order valence-corrected chi connectivity index (χ4v) is 5.96. The molecule has 4 saturated heterocycles. The van der Waals surface area contributed by atoms with Crippen LogP contribution in [0, 0.1) is 29.4 Å². The maximum Gasteiger partial charge on any atom is 0.307 e. The number of carbonyl (C=O) groups excluding carboxylic acids is 10. The van der Waals surface area contributed by atoms with Gasteiger partial charge in [-0.05, 0) is 70.2 Å². The van der Waals surface area contributed by atoms with Gasteiger partial charge in [-0.3, -0.25) is 74.0 Å². The molecule has 4 aliphatic rings. The molecule has 0 aliphatic carbocycles. The van der Waals surface area contributed by atoms with E-state index >= 15 is 0 Å². The number of rotatable bonds is 8. The smallest absolute Gasteiger partial charge is 0.307 e. The zero-order valence-corrected chi connectivity index (χ0v) is 35.2. The average Bonchev–Trinajstić information content (AvgIpc) is 3.17. The van der Waals surface area contributed by atoms with Crippen molar-refractivity contribution in [2.45, 2.75) is 110 Å². The number of imide groups is 4. The summed E-state index contributed by atoms with van der Waals surface area (Å²) in [7, 11) is 0. The minimum absolute atomic E-state index is 0.0234. The summed E-state index contributed by atoms with van der Waals surface area (Å²) in [6, 6.07) is 12.2. The minimum atomic E-state index is -1.01. The summed E-state index contributed by atoms with van der Waals surface area (Å²) in [5, 5.41) is 17.1. The zero-order chi connectivity index (χ0) is 47.3. The number of halogens is 2. The first-order valence-electron chi connectivity index (χ1n) is 20.0. The second-order valence-electron chi connectivity index (χ2n) is 15.7. The van der Waals surface area contributed by atoms with E-state index in [2.05, 4.69) is 21.3 Å². The normalized spacial score (nSPS) is 19.5. The Hall–Kier alpha value is -6.73. The van der Waals surface area contributed by atoms with Crippen LogP contribution in [-0.4, -0.2) is 75.7 Å². The molecule has 3 unspecified atom stereocenters. The number of anilines is 1. The molecule has 0 spiro atoms. The molecule has 18 nitrogen and oxygen atoms in total. The van der Waals surface area contributed by atoms with Gasteiger partial charge in [0.25, 0.3) is 0 Å². The summed E-state index contributed by atoms with van der Waals surface area (Å²) in [6.07, 6.45) is 3.52. The molecule has 0 radical (unpaired) electrons. The minimum Gasteiger partial charge on any atom is -0.481 e. The number of para-hydroxylation sites is 1. The standard InChI is InChI=1S/C14H14FNO3.C11H17NO4.C7H9NO4.C6H6FN.C5H7NO2/c15-12-4-2-1-3-9(12)7-11(17)8-10-5-6-13(18)16-14(10)19;1-11(2,3)16-9(14)6-7-4-5-8(13)12-10(7)15;9-5-2-1-4(3-6(10)11)7(12)8-5;7-5-3-1-2-4-6(5)8;7-4-2-1-3-5(8)6-4/h1-4,10H,5-8H2,(H,16,18,19);7H,4-6H2,1-3H3,(H,12,13,15);4H,1-3H2,(H,10,11)(H,8,9,12);1-4H,8H2;1-3H2,(H,6,7,8). The van der Waals surface area contributed by atoms with Crippen molar-refractivity contribution in [2.24, 2.45) is 17.8 Å². The number of ketones is 1. The third-order valence-electron chi connectivity index (χ3n) is 9.13. The molecule has 0 aromatic heterocycles. The number of Topliss-reactive ketones (excluding diaryl/α,β-unsaturated/α-hetero) is 1. The molecule has 63 heavy (non-hydrogen) atoms. The Morgan fingerprint density at radius 1 is 0.619 bits per heavy atom. The second-order valence-corrected chi connectivity index (χ2v) is 15.7. The highest BCUT2D eigenvalue weighted by Gasteiger charge is 2.31. The molecule has 342 valence electrons. The van der Waals surface area contributed by atoms with Gasteiger partial charge in [-0.25, -0.2) is 8.78 Å². The van der Waals surface area contributed by atoms with Gasteiger partial charge in [0.1, 0.15) is 23.0 Å². The topological polar surface area (TPSA) is 291 Å². The Morgan fingerprint density at radius 2 is 1.03 bits per heavy atom. The van der Waals surface area contributed by atoms with Crippen LogP contribution in [0.2, 0.25) is 0 Å². The number of benzene rings is 2. The Bertz CT molecular complexity index is 2000. The lowest BCUT2D eigenvalue weighted by atomic mass is 9.91. The number of aliphatic carboxylic acids is 1. The highest BCUT2D eigenvalue weighted by Crippen LogP contribution is 2.20. The van der Waals surface area contributed by atoms with Crippen LogP contribution in [0.3, 0.4) is 0 Å². The van der Waals surface area contributed by atoms with Gasteiger partial charge in [0, 0.05) is 62.7 Å². The van der Waals surface area contributed by atoms with Crippen LogP contribution >= 0.6 is 0 Å². The Balaban J connectivity index is 0.000000282. The quantitative estimate of drug-likeness (QED) is 0.126. The van der Waals surface area contributed by atoms with Crippen LogP contribution < -0.4 is 27.0 Å². The summed E-state index contributed by atoms with van der Waals surface area (Å²) in [5.74, 6) is -6.24. The number of nitrogen functional groups attached to an aromatic ring is 1. The van der Waals surface area contributed by atoms with E-state index in [-0.39, 0.29) is 91.3 Å². The molecule has 7 N–H and O–H groups in total. The largest absolute Gasteiger partial charge is 0.481 e. The van der Waals surface area contributed by atoms with Gasteiger partial charge in [-0.1, -0.05) is 30.3 Å². The fourth-order valence-electron chi connectivity index (χ4n) is 5.96. The molecule has 4 heterocycles. The van der Waals surface area contributed by atoms with E-state index in [1.807, 2.05) is 0 Å². The molecule has 0 saturated carbocycles.